The molecule has 5 heteroatoms. The molecule has 0 atom stereocenters. The molecular formula is C6H8N2OS2. The van der Waals surface area contributed by atoms with Gasteiger partial charge in [0, 0.05) is 6.54 Å². The second-order valence-electron chi connectivity index (χ2n) is 2.00. The molecule has 1 N–H and O–H groups in total. The van der Waals surface area contributed by atoms with E-state index in [-0.39, 0.29) is 6.61 Å². The van der Waals surface area contributed by atoms with Crippen LogP contribution in [0.3, 0.4) is 0 Å². The molecule has 60 valence electrons. The molecule has 1 rings (SSSR count). The Morgan fingerprint density at radius 3 is 3.09 bits per heavy atom. The minimum Gasteiger partial charge on any atom is -0.395 e. The van der Waals surface area contributed by atoms with Gasteiger partial charge >= 0.3 is 0 Å². The number of hydrogen-bond donors (Lipinski definition) is 2. The molecule has 0 saturated heterocycles. The summed E-state index contributed by atoms with van der Waals surface area (Å²) in [5, 5.41) is 8.63. The van der Waals surface area contributed by atoms with Crippen molar-refractivity contribution in [1.82, 2.24) is 9.55 Å². The van der Waals surface area contributed by atoms with Crippen molar-refractivity contribution in [1.29, 1.82) is 0 Å². The Bertz CT molecular complexity index is 259. The second kappa shape index (κ2) is 3.85. The number of aliphatic hydroxyl groups is 1. The van der Waals surface area contributed by atoms with Crippen LogP contribution in [0.2, 0.25) is 0 Å². The summed E-state index contributed by atoms with van der Waals surface area (Å²) < 4.78 is 2.26. The topological polar surface area (TPSA) is 38.0 Å². The van der Waals surface area contributed by atoms with E-state index in [0.717, 1.165) is 5.69 Å². The summed E-state index contributed by atoms with van der Waals surface area (Å²) in [5.41, 5.74) is 0.775. The summed E-state index contributed by atoms with van der Waals surface area (Å²) in [7, 11) is 0. The van der Waals surface area contributed by atoms with Gasteiger partial charge in [-0.15, -0.1) is 12.6 Å². The molecule has 3 nitrogen and oxygen atoms in total. The van der Waals surface area contributed by atoms with E-state index < -0.39 is 0 Å². The van der Waals surface area contributed by atoms with Gasteiger partial charge in [0.1, 0.15) is 0 Å². The lowest BCUT2D eigenvalue weighted by atomic mass is 10.5. The van der Waals surface area contributed by atoms with Gasteiger partial charge in [-0.05, 0) is 0 Å². The molecular weight excluding hydrogens is 180 g/mol. The minimum absolute atomic E-state index is 0.0831. The largest absolute Gasteiger partial charge is 0.395 e. The van der Waals surface area contributed by atoms with E-state index in [9.17, 15) is 0 Å². The molecule has 0 aliphatic carbocycles. The normalized spacial score (nSPS) is 10.0. The first-order valence-electron chi connectivity index (χ1n) is 3.10. The Morgan fingerprint density at radius 1 is 1.82 bits per heavy atom. The highest BCUT2D eigenvalue weighted by Gasteiger charge is 2.02. The summed E-state index contributed by atoms with van der Waals surface area (Å²) in [6.07, 6.45) is 3.25. The molecule has 0 aliphatic rings. The van der Waals surface area contributed by atoms with Gasteiger partial charge in [0.2, 0.25) is 0 Å². The van der Waals surface area contributed by atoms with Gasteiger partial charge in [-0.3, -0.25) is 0 Å². The molecule has 0 unspecified atom stereocenters. The van der Waals surface area contributed by atoms with Gasteiger partial charge in [0.25, 0.3) is 0 Å². The SMILES string of the molecule is OCCn1cncc1C(=S)S. The maximum absolute atomic E-state index is 8.63. The zero-order valence-corrected chi connectivity index (χ0v) is 7.48. The lowest BCUT2D eigenvalue weighted by Gasteiger charge is -2.02. The predicted octanol–water partition coefficient (Wildman–Crippen LogP) is 0.481. The van der Waals surface area contributed by atoms with Crippen molar-refractivity contribution >= 4 is 29.0 Å². The Labute approximate surface area is 75.5 Å². The van der Waals surface area contributed by atoms with Crippen molar-refractivity contribution in [3.05, 3.63) is 18.2 Å². The molecule has 0 aromatic carbocycles. The Kier molecular flexibility index (Phi) is 3.04. The Morgan fingerprint density at radius 2 is 2.55 bits per heavy atom. The first-order valence-corrected chi connectivity index (χ1v) is 3.95. The molecule has 0 fully saturated rings. The second-order valence-corrected chi connectivity index (χ2v) is 3.16. The highest BCUT2D eigenvalue weighted by molar-refractivity contribution is 8.11. The Balaban J connectivity index is 2.87. The van der Waals surface area contributed by atoms with Crippen molar-refractivity contribution in [2.75, 3.05) is 6.61 Å². The average molecular weight is 188 g/mol. The molecule has 1 heterocycles. The van der Waals surface area contributed by atoms with Crippen LogP contribution < -0.4 is 0 Å². The molecule has 1 aromatic heterocycles. The van der Waals surface area contributed by atoms with E-state index in [1.165, 1.54) is 0 Å². The van der Waals surface area contributed by atoms with E-state index in [1.807, 2.05) is 0 Å². The van der Waals surface area contributed by atoms with Crippen LogP contribution in [0.1, 0.15) is 5.69 Å². The fourth-order valence-electron chi connectivity index (χ4n) is 0.785. The number of imidazole rings is 1. The molecule has 0 radical (unpaired) electrons. The van der Waals surface area contributed by atoms with E-state index in [0.29, 0.717) is 10.7 Å². The van der Waals surface area contributed by atoms with E-state index in [2.05, 4.69) is 17.6 Å². The number of rotatable bonds is 3. The monoisotopic (exact) mass is 188 g/mol. The molecule has 0 spiro atoms. The zero-order valence-electron chi connectivity index (χ0n) is 5.77. The van der Waals surface area contributed by atoms with Gasteiger partial charge in [0.15, 0.2) is 0 Å². The number of nitrogens with zero attached hydrogens (tertiary/aromatic N) is 2. The predicted molar refractivity (Wildman–Crippen MR) is 50.0 cm³/mol. The highest BCUT2D eigenvalue weighted by atomic mass is 32.1. The fourth-order valence-corrected chi connectivity index (χ4v) is 1.14. The van der Waals surface area contributed by atoms with Crippen molar-refractivity contribution in [3.63, 3.8) is 0 Å². The Hall–Kier alpha value is -0.390. The van der Waals surface area contributed by atoms with Gasteiger partial charge < -0.3 is 9.67 Å². The van der Waals surface area contributed by atoms with Gasteiger partial charge in [-0.1, -0.05) is 12.2 Å². The smallest absolute Gasteiger partial charge is 0.0952 e. The minimum atomic E-state index is 0.0831. The van der Waals surface area contributed by atoms with Gasteiger partial charge in [0.05, 0.1) is 29.0 Å². The first kappa shape index (κ1) is 8.70. The fraction of sp³-hybridized carbons (Fsp3) is 0.333. The van der Waals surface area contributed by atoms with E-state index in [1.54, 1.807) is 17.1 Å². The molecule has 11 heavy (non-hydrogen) atoms. The van der Waals surface area contributed by atoms with Gasteiger partial charge in [-0.2, -0.15) is 0 Å². The van der Waals surface area contributed by atoms with E-state index in [4.69, 9.17) is 17.3 Å². The summed E-state index contributed by atoms with van der Waals surface area (Å²) in [4.78, 5) is 3.88. The maximum atomic E-state index is 8.63. The van der Waals surface area contributed by atoms with Crippen LogP contribution in [-0.2, 0) is 6.54 Å². The van der Waals surface area contributed by atoms with Crippen LogP contribution in [0.4, 0.5) is 0 Å². The standard InChI is InChI=1S/C6H8N2OS2/c9-2-1-8-4-7-3-5(8)6(10)11/h3-4,9H,1-2H2,(H,10,11). The molecule has 0 amide bonds. The van der Waals surface area contributed by atoms with Crippen molar-refractivity contribution in [3.8, 4) is 0 Å². The lowest BCUT2D eigenvalue weighted by Crippen LogP contribution is -2.06. The third-order valence-corrected chi connectivity index (χ3v) is 1.71. The number of aromatic nitrogens is 2. The lowest BCUT2D eigenvalue weighted by molar-refractivity contribution is 0.276. The van der Waals surface area contributed by atoms with Crippen molar-refractivity contribution < 1.29 is 5.11 Å². The van der Waals surface area contributed by atoms with Crippen LogP contribution in [0.15, 0.2) is 12.5 Å². The highest BCUT2D eigenvalue weighted by Crippen LogP contribution is 2.03. The van der Waals surface area contributed by atoms with Crippen LogP contribution in [0, 0.1) is 0 Å². The maximum Gasteiger partial charge on any atom is 0.0952 e. The molecule has 0 saturated carbocycles. The number of hydrogen-bond acceptors (Lipinski definition) is 3. The molecule has 0 bridgehead atoms. The molecule has 0 aliphatic heterocycles. The number of aliphatic hydroxyl groups excluding tert-OH is 1. The third kappa shape index (κ3) is 2.02. The quantitative estimate of drug-likeness (QED) is 0.535. The summed E-state index contributed by atoms with van der Waals surface area (Å²) >= 11 is 8.84. The van der Waals surface area contributed by atoms with Crippen LogP contribution in [0.25, 0.3) is 0 Å². The van der Waals surface area contributed by atoms with Crippen LogP contribution >= 0.6 is 24.8 Å². The number of thiol groups is 1. The average Bonchev–Trinajstić information content (AvgIpc) is 2.36. The van der Waals surface area contributed by atoms with E-state index >= 15 is 0 Å². The van der Waals surface area contributed by atoms with Crippen LogP contribution in [-0.4, -0.2) is 25.5 Å². The third-order valence-electron chi connectivity index (χ3n) is 1.27. The van der Waals surface area contributed by atoms with Crippen molar-refractivity contribution in [2.45, 2.75) is 6.54 Å². The molecule has 1 aromatic rings. The zero-order chi connectivity index (χ0) is 8.27. The first-order chi connectivity index (χ1) is 5.25. The van der Waals surface area contributed by atoms with Gasteiger partial charge in [-0.25, -0.2) is 4.98 Å². The van der Waals surface area contributed by atoms with Crippen LogP contribution in [0.5, 0.6) is 0 Å². The summed E-state index contributed by atoms with van der Waals surface area (Å²) in [6.45, 7) is 0.593. The summed E-state index contributed by atoms with van der Waals surface area (Å²) in [5.74, 6) is 0. The summed E-state index contributed by atoms with van der Waals surface area (Å²) in [6, 6.07) is 0. The van der Waals surface area contributed by atoms with Crippen molar-refractivity contribution in [2.24, 2.45) is 0 Å². The number of thiocarbonyl (C=S) groups is 1.